The number of phenolic OH excluding ortho intramolecular Hbond substituents is 1. The number of carbonyl (C=O) groups is 13. The molecule has 22 N–H and O–H groups in total. The van der Waals surface area contributed by atoms with E-state index in [1.165, 1.54) is 31.2 Å². The zero-order valence-electron chi connectivity index (χ0n) is 47.2. The van der Waals surface area contributed by atoms with E-state index in [2.05, 4.69) is 47.5 Å². The lowest BCUT2D eigenvalue weighted by atomic mass is 10.00. The number of aromatic hydroxyl groups is 1. The van der Waals surface area contributed by atoms with Gasteiger partial charge in [-0.3, -0.25) is 57.5 Å². The Bertz CT molecular complexity index is 2860. The van der Waals surface area contributed by atoms with E-state index >= 15 is 0 Å². The summed E-state index contributed by atoms with van der Waals surface area (Å²) in [6.45, 7) is 7.92. The highest BCUT2D eigenvalue weighted by Crippen LogP contribution is 2.20. The van der Waals surface area contributed by atoms with Gasteiger partial charge in [-0.05, 0) is 73.8 Å². The minimum atomic E-state index is -1.92. The second kappa shape index (κ2) is 33.0. The molecule has 2 aromatic carbocycles. The van der Waals surface area contributed by atoms with Crippen LogP contribution in [0.2, 0.25) is 0 Å². The number of amides is 12. The van der Waals surface area contributed by atoms with Crippen LogP contribution in [0.4, 0.5) is 0 Å². The number of H-pyrrole nitrogens is 1. The van der Waals surface area contributed by atoms with E-state index in [-0.39, 0.29) is 37.4 Å². The van der Waals surface area contributed by atoms with Crippen molar-refractivity contribution in [1.82, 2.24) is 47.5 Å². The van der Waals surface area contributed by atoms with Gasteiger partial charge in [0.05, 0.1) is 18.9 Å². The minimum Gasteiger partial charge on any atom is -0.508 e. The molecule has 3 rings (SSSR count). The van der Waals surface area contributed by atoms with Gasteiger partial charge in [-0.15, -0.1) is 0 Å². The van der Waals surface area contributed by atoms with Crippen molar-refractivity contribution in [3.05, 3.63) is 65.9 Å². The van der Waals surface area contributed by atoms with Gasteiger partial charge in [0.25, 0.3) is 0 Å². The van der Waals surface area contributed by atoms with Crippen LogP contribution in [0.25, 0.3) is 10.9 Å². The van der Waals surface area contributed by atoms with Crippen molar-refractivity contribution in [3.63, 3.8) is 0 Å². The van der Waals surface area contributed by atoms with Gasteiger partial charge in [0.15, 0.2) is 0 Å². The fourth-order valence-corrected chi connectivity index (χ4v) is 8.53. The maximum Gasteiger partial charge on any atom is 0.326 e. The summed E-state index contributed by atoms with van der Waals surface area (Å²) < 4.78 is 0. The lowest BCUT2D eigenvalue weighted by Crippen LogP contribution is -2.61. The van der Waals surface area contributed by atoms with Gasteiger partial charge < -0.3 is 91.5 Å². The quantitative estimate of drug-likeness (QED) is 0.0262. The van der Waals surface area contributed by atoms with Crippen molar-refractivity contribution in [2.24, 2.45) is 40.5 Å². The number of aliphatic hydroxyl groups is 1. The molecule has 0 unspecified atom stereocenters. The zero-order chi connectivity index (χ0) is 63.1. The Morgan fingerprint density at radius 2 is 0.857 bits per heavy atom. The maximum atomic E-state index is 14.6. The lowest BCUT2D eigenvalue weighted by molar-refractivity contribution is -0.143. The van der Waals surface area contributed by atoms with Crippen LogP contribution in [0.5, 0.6) is 5.75 Å². The summed E-state index contributed by atoms with van der Waals surface area (Å²) >= 11 is 0. The number of nitrogens with one attached hydrogen (secondary N) is 9. The summed E-state index contributed by atoms with van der Waals surface area (Å²) in [5.74, 6) is -15.0. The molecule has 1 heterocycles. The molecule has 0 spiro atoms. The van der Waals surface area contributed by atoms with Crippen LogP contribution in [-0.4, -0.2) is 158 Å². The van der Waals surface area contributed by atoms with Crippen LogP contribution in [0.15, 0.2) is 54.7 Å². The van der Waals surface area contributed by atoms with E-state index in [1.807, 2.05) is 0 Å². The van der Waals surface area contributed by atoms with Crippen LogP contribution >= 0.6 is 0 Å². The highest BCUT2D eigenvalue weighted by molar-refractivity contribution is 6.00. The van der Waals surface area contributed by atoms with Gasteiger partial charge in [0, 0.05) is 42.8 Å². The van der Waals surface area contributed by atoms with Gasteiger partial charge in [0.2, 0.25) is 70.9 Å². The highest BCUT2D eigenvalue weighted by atomic mass is 16.4. The molecule has 0 aliphatic heterocycles. The molecule has 0 radical (unpaired) electrons. The molecular weight excluding hydrogens is 1100 g/mol. The number of benzene rings is 2. The van der Waals surface area contributed by atoms with E-state index in [4.69, 9.17) is 28.7 Å². The summed E-state index contributed by atoms with van der Waals surface area (Å²) in [5.41, 5.74) is 29.1. The van der Waals surface area contributed by atoms with Gasteiger partial charge in [-0.25, -0.2) is 4.79 Å². The predicted octanol–water partition coefficient (Wildman–Crippen LogP) is -4.30. The average Bonchev–Trinajstić information content (AvgIpc) is 3.38. The van der Waals surface area contributed by atoms with Gasteiger partial charge in [-0.2, -0.15) is 0 Å². The Morgan fingerprint density at radius 1 is 0.476 bits per heavy atom. The first-order chi connectivity index (χ1) is 39.3. The Morgan fingerprint density at radius 3 is 1.31 bits per heavy atom. The largest absolute Gasteiger partial charge is 0.508 e. The first-order valence-electron chi connectivity index (χ1n) is 26.9. The maximum absolute atomic E-state index is 14.6. The fourth-order valence-electron chi connectivity index (χ4n) is 8.53. The normalized spacial score (nSPS) is 14.8. The third kappa shape index (κ3) is 23.3. The fraction of sp³-hybridized carbons (Fsp3) is 0.500. The molecule has 30 nitrogen and oxygen atoms in total. The van der Waals surface area contributed by atoms with Gasteiger partial charge in [-0.1, -0.05) is 58.0 Å². The number of aromatic amines is 1. The molecule has 460 valence electrons. The van der Waals surface area contributed by atoms with Crippen molar-refractivity contribution in [1.29, 1.82) is 0 Å². The Kier molecular flexibility index (Phi) is 27.2. The van der Waals surface area contributed by atoms with Crippen molar-refractivity contribution in [2.45, 2.75) is 159 Å². The number of primary amides is 4. The molecule has 12 amide bonds. The molecule has 0 fully saturated rings. The third-order valence-corrected chi connectivity index (χ3v) is 12.9. The lowest BCUT2D eigenvalue weighted by Gasteiger charge is -2.28. The first-order valence-corrected chi connectivity index (χ1v) is 26.9. The summed E-state index contributed by atoms with van der Waals surface area (Å²) in [5, 5.41) is 49.5. The van der Waals surface area contributed by atoms with Crippen molar-refractivity contribution < 1.29 is 77.6 Å². The van der Waals surface area contributed by atoms with Gasteiger partial charge >= 0.3 is 5.97 Å². The van der Waals surface area contributed by atoms with Crippen molar-refractivity contribution >= 4 is 87.8 Å². The van der Waals surface area contributed by atoms with Crippen LogP contribution in [0.1, 0.15) is 97.1 Å². The van der Waals surface area contributed by atoms with E-state index in [0.717, 1.165) is 0 Å². The number of fused-ring (bicyclic) bond motifs is 1. The summed E-state index contributed by atoms with van der Waals surface area (Å²) in [6, 6.07) is -2.16. The summed E-state index contributed by atoms with van der Waals surface area (Å²) in [4.78, 5) is 175. The minimum absolute atomic E-state index is 0.0505. The molecule has 30 heteroatoms. The van der Waals surface area contributed by atoms with E-state index in [0.29, 0.717) is 22.0 Å². The molecule has 0 bridgehead atoms. The Balaban J connectivity index is 2.00. The molecule has 10 atom stereocenters. The number of hydrogen-bond donors (Lipinski definition) is 17. The molecule has 0 aliphatic carbocycles. The van der Waals surface area contributed by atoms with E-state index < -0.39 is 182 Å². The number of carboxylic acids is 1. The Hall–Kier alpha value is -9.19. The standard InChI is InChI=1S/C54H78N14O16/c1-25(2)18-35(48(77)66-38(22-43(57)73)51(80)62-34(15-17-42(56)72)47(76)65-39(23-44(58)74)52(81)68-40(54(83)84)19-26(3)4)63-46(75)33(14-16-41(55)71)61-50(79)37(21-29-24-60-32-9-7-6-8-31(29)32)64-49(78)36(67-53(82)45(59)27(5)69)20-28-10-12-30(70)13-11-28/h6-13,24-27,33-40,45,60,69-70H,14-23,59H2,1-5H3,(H2,55,71)(H2,56,72)(H2,57,73)(H2,58,74)(H,61,79)(H,62,80)(H,63,75)(H,64,78)(H,65,76)(H,66,77)(H,67,82)(H,68,81)(H,83,84)/t27-,33+,34+,35+,36+,37+,38+,39+,40+,45+/m1/s1. The molecule has 1 aromatic heterocycles. The predicted molar refractivity (Wildman–Crippen MR) is 300 cm³/mol. The molecule has 0 aliphatic rings. The van der Waals surface area contributed by atoms with E-state index in [1.54, 1.807) is 58.2 Å². The zero-order valence-corrected chi connectivity index (χ0v) is 47.2. The summed E-state index contributed by atoms with van der Waals surface area (Å²) in [7, 11) is 0. The topological polar surface area (TPSA) is 525 Å². The first kappa shape index (κ1) is 69.1. The monoisotopic (exact) mass is 1180 g/mol. The number of aliphatic carboxylic acids is 1. The van der Waals surface area contributed by atoms with Crippen LogP contribution in [0, 0.1) is 11.8 Å². The van der Waals surface area contributed by atoms with E-state index in [9.17, 15) is 77.6 Å². The third-order valence-electron chi connectivity index (χ3n) is 12.9. The number of aromatic nitrogens is 1. The van der Waals surface area contributed by atoms with Crippen LogP contribution in [-0.2, 0) is 75.2 Å². The highest BCUT2D eigenvalue weighted by Gasteiger charge is 2.37. The van der Waals surface area contributed by atoms with Crippen LogP contribution in [0.3, 0.4) is 0 Å². The molecule has 3 aromatic rings. The number of hydrogen-bond acceptors (Lipinski definition) is 16. The molecule has 0 saturated carbocycles. The number of rotatable bonds is 36. The Labute approximate surface area is 483 Å². The smallest absolute Gasteiger partial charge is 0.326 e. The second-order valence-electron chi connectivity index (χ2n) is 21.1. The summed E-state index contributed by atoms with van der Waals surface area (Å²) in [6.07, 6.45) is -4.36. The molecule has 0 saturated heterocycles. The number of para-hydroxylation sites is 1. The number of carbonyl (C=O) groups excluding carboxylic acids is 12. The van der Waals surface area contributed by atoms with Crippen LogP contribution < -0.4 is 71.2 Å². The molecular formula is C54H78N14O16. The molecule has 84 heavy (non-hydrogen) atoms. The number of carboxylic acid groups (broad SMARTS) is 1. The second-order valence-corrected chi connectivity index (χ2v) is 21.1. The number of nitrogens with two attached hydrogens (primary N) is 5. The number of phenols is 1. The van der Waals surface area contributed by atoms with Crippen molar-refractivity contribution in [3.8, 4) is 5.75 Å². The average molecular weight is 1180 g/mol. The SMILES string of the molecule is CC(C)C[C@H](NC(=O)[C@H](CC(N)=O)NC(=O)[C@H](CCC(N)=O)NC(=O)[C@H](CC(N)=O)NC(=O)[C@H](CC(C)C)NC(=O)[C@H](CCC(N)=O)NC(=O)[C@H](Cc1c[nH]c2ccccc12)NC(=O)[C@H](Cc1ccc(O)cc1)NC(=O)[C@@H](N)[C@@H](C)O)C(=O)O. The van der Waals surface area contributed by atoms with Gasteiger partial charge in [0.1, 0.15) is 60.1 Å². The number of aliphatic hydroxyl groups excluding tert-OH is 1. The van der Waals surface area contributed by atoms with Crippen molar-refractivity contribution in [2.75, 3.05) is 0 Å².